The van der Waals surface area contributed by atoms with E-state index in [1.165, 1.54) is 11.1 Å². The maximum atomic E-state index is 13.5. The second-order valence-electron chi connectivity index (χ2n) is 7.46. The largest absolute Gasteiger partial charge is 0.274 e. The van der Waals surface area contributed by atoms with Crippen molar-refractivity contribution in [3.63, 3.8) is 0 Å². The number of fused-ring (bicyclic) bond motifs is 1. The summed E-state index contributed by atoms with van der Waals surface area (Å²) < 4.78 is 0. The maximum absolute atomic E-state index is 13.5. The molecule has 2 saturated heterocycles. The van der Waals surface area contributed by atoms with Gasteiger partial charge in [-0.1, -0.05) is 41.9 Å². The number of hydrogen-bond acceptors (Lipinski definition) is 6. The predicted molar refractivity (Wildman–Crippen MR) is 117 cm³/mol. The second kappa shape index (κ2) is 7.74. The molecule has 5 rings (SSSR count). The number of carbonyl (C=O) groups excluding carboxylic acids is 2. The van der Waals surface area contributed by atoms with E-state index in [1.54, 1.807) is 66.7 Å². The molecule has 160 valence electrons. The zero-order chi connectivity index (χ0) is 22.4. The van der Waals surface area contributed by atoms with Gasteiger partial charge in [-0.3, -0.25) is 24.5 Å². The molecule has 0 radical (unpaired) electrons. The van der Waals surface area contributed by atoms with Gasteiger partial charge in [-0.15, -0.1) is 0 Å². The Morgan fingerprint density at radius 1 is 0.844 bits per heavy atom. The Morgan fingerprint density at radius 2 is 1.50 bits per heavy atom. The molecule has 0 aromatic heterocycles. The molecule has 0 unspecified atom stereocenters. The number of imide groups is 1. The van der Waals surface area contributed by atoms with Crippen LogP contribution in [0.5, 0.6) is 0 Å². The molecule has 0 N–H and O–H groups in total. The molecule has 2 aliphatic heterocycles. The summed E-state index contributed by atoms with van der Waals surface area (Å²) in [6.45, 7) is 0. The van der Waals surface area contributed by atoms with E-state index in [4.69, 9.17) is 16.4 Å². The highest BCUT2D eigenvalue weighted by atomic mass is 35.5. The lowest BCUT2D eigenvalue weighted by Crippen LogP contribution is -2.37. The number of anilines is 2. The average molecular weight is 450 g/mol. The van der Waals surface area contributed by atoms with Gasteiger partial charge >= 0.3 is 0 Å². The lowest BCUT2D eigenvalue weighted by molar-refractivity contribution is -0.385. The lowest BCUT2D eigenvalue weighted by Gasteiger charge is -2.28. The monoisotopic (exact) mass is 449 g/mol. The molecule has 9 heteroatoms. The van der Waals surface area contributed by atoms with Crippen LogP contribution in [0.15, 0.2) is 78.9 Å². The third kappa shape index (κ3) is 3.12. The number of amides is 2. The number of nitrogens with zero attached hydrogens (tertiary/aromatic N) is 3. The minimum atomic E-state index is -1.11. The molecule has 3 aromatic carbocycles. The Bertz CT molecular complexity index is 1220. The van der Waals surface area contributed by atoms with E-state index in [2.05, 4.69) is 0 Å². The summed E-state index contributed by atoms with van der Waals surface area (Å²) in [5.74, 6) is -1.97. The summed E-state index contributed by atoms with van der Waals surface area (Å²) in [5, 5.41) is 13.7. The Labute approximate surface area is 187 Å². The first kappa shape index (κ1) is 20.2. The van der Waals surface area contributed by atoms with Crippen LogP contribution in [0, 0.1) is 16.0 Å². The average Bonchev–Trinajstić information content (AvgIpc) is 3.31. The first-order valence-corrected chi connectivity index (χ1v) is 10.2. The molecule has 0 saturated carbocycles. The van der Waals surface area contributed by atoms with Crippen LogP contribution in [-0.4, -0.2) is 22.8 Å². The van der Waals surface area contributed by atoms with Gasteiger partial charge in [0.15, 0.2) is 6.10 Å². The molecule has 8 nitrogen and oxygen atoms in total. The van der Waals surface area contributed by atoms with Crippen LogP contribution < -0.4 is 9.96 Å². The first-order valence-electron chi connectivity index (χ1n) is 9.85. The van der Waals surface area contributed by atoms with Crippen LogP contribution >= 0.6 is 11.6 Å². The Morgan fingerprint density at radius 3 is 2.19 bits per heavy atom. The molecule has 2 heterocycles. The smallest absolute Gasteiger partial charge is 0.273 e. The maximum Gasteiger partial charge on any atom is 0.274 e. The predicted octanol–water partition coefficient (Wildman–Crippen LogP) is 4.30. The summed E-state index contributed by atoms with van der Waals surface area (Å²) in [5.41, 5.74) is 1.11. The van der Waals surface area contributed by atoms with Gasteiger partial charge < -0.3 is 0 Å². The van der Waals surface area contributed by atoms with E-state index in [9.17, 15) is 19.7 Å². The fraction of sp³-hybridized carbons (Fsp3) is 0.130. The molecule has 0 spiro atoms. The summed E-state index contributed by atoms with van der Waals surface area (Å²) >= 11 is 5.94. The molecule has 32 heavy (non-hydrogen) atoms. The van der Waals surface area contributed by atoms with Crippen molar-refractivity contribution in [2.75, 3.05) is 9.96 Å². The van der Waals surface area contributed by atoms with Crippen molar-refractivity contribution in [2.45, 2.75) is 12.1 Å². The van der Waals surface area contributed by atoms with Crippen molar-refractivity contribution in [2.24, 2.45) is 5.92 Å². The summed E-state index contributed by atoms with van der Waals surface area (Å²) in [6, 6.07) is 20.6. The Hall–Kier alpha value is -3.75. The number of benzene rings is 3. The van der Waals surface area contributed by atoms with Gasteiger partial charge in [-0.25, -0.2) is 9.96 Å². The number of halogens is 1. The Kier molecular flexibility index (Phi) is 4.88. The number of hydroxylamine groups is 1. The fourth-order valence-corrected chi connectivity index (χ4v) is 4.40. The van der Waals surface area contributed by atoms with Gasteiger partial charge in [0.25, 0.3) is 11.6 Å². The highest BCUT2D eigenvalue weighted by Crippen LogP contribution is 2.49. The molecule has 2 aliphatic rings. The number of nitro benzene ring substituents is 1. The van der Waals surface area contributed by atoms with Crippen LogP contribution in [0.3, 0.4) is 0 Å². The van der Waals surface area contributed by atoms with Gasteiger partial charge in [0.2, 0.25) is 5.91 Å². The van der Waals surface area contributed by atoms with E-state index >= 15 is 0 Å². The number of para-hydroxylation sites is 2. The van der Waals surface area contributed by atoms with Crippen molar-refractivity contribution in [3.8, 4) is 0 Å². The molecule has 0 aliphatic carbocycles. The quantitative estimate of drug-likeness (QED) is 0.335. The zero-order valence-electron chi connectivity index (χ0n) is 16.5. The number of carbonyl (C=O) groups is 2. The minimum absolute atomic E-state index is 0.145. The Balaban J connectivity index is 1.63. The van der Waals surface area contributed by atoms with E-state index in [-0.39, 0.29) is 5.69 Å². The van der Waals surface area contributed by atoms with E-state index in [0.717, 1.165) is 4.90 Å². The van der Waals surface area contributed by atoms with E-state index < -0.39 is 34.8 Å². The first-order chi connectivity index (χ1) is 15.5. The summed E-state index contributed by atoms with van der Waals surface area (Å²) in [7, 11) is 0. The van der Waals surface area contributed by atoms with E-state index in [0.29, 0.717) is 22.0 Å². The molecular weight excluding hydrogens is 434 g/mol. The van der Waals surface area contributed by atoms with Crippen molar-refractivity contribution in [1.29, 1.82) is 0 Å². The summed E-state index contributed by atoms with van der Waals surface area (Å²) in [6.07, 6.45) is -1.11. The zero-order valence-corrected chi connectivity index (χ0v) is 17.3. The van der Waals surface area contributed by atoms with Crippen LogP contribution in [0.4, 0.5) is 17.1 Å². The topological polar surface area (TPSA) is 93.0 Å². The number of hydrogen-bond donors (Lipinski definition) is 0. The molecule has 2 amide bonds. The highest BCUT2D eigenvalue weighted by molar-refractivity contribution is 6.31. The molecular formula is C23H16ClN3O5. The standard InChI is InChI=1S/C23H16ClN3O5/c24-14-10-12-15(13-11-14)25-22(28)19-20(17-8-4-5-9-18(17)27(30)31)26(32-21(19)23(25)29)16-6-2-1-3-7-16/h1-13,19-21H/t19-,20+,21-/m1/s1. The van der Waals surface area contributed by atoms with Gasteiger partial charge in [-0.2, -0.15) is 0 Å². The number of rotatable bonds is 4. The van der Waals surface area contributed by atoms with Crippen molar-refractivity contribution >= 4 is 40.5 Å². The van der Waals surface area contributed by atoms with Crippen molar-refractivity contribution in [3.05, 3.63) is 99.6 Å². The van der Waals surface area contributed by atoms with Gasteiger partial charge in [0.1, 0.15) is 12.0 Å². The highest BCUT2D eigenvalue weighted by Gasteiger charge is 2.61. The second-order valence-corrected chi connectivity index (χ2v) is 7.90. The third-order valence-electron chi connectivity index (χ3n) is 5.66. The minimum Gasteiger partial charge on any atom is -0.273 e. The SMILES string of the molecule is O=C1[C@H]2[C@@H](ON(c3ccccc3)[C@H]2c2ccccc2[N+](=O)[O-])C(=O)N1c1ccc(Cl)cc1. The van der Waals surface area contributed by atoms with Crippen molar-refractivity contribution in [1.82, 2.24) is 0 Å². The van der Waals surface area contributed by atoms with Crippen LogP contribution in [0.1, 0.15) is 11.6 Å². The van der Waals surface area contributed by atoms with Gasteiger partial charge in [0, 0.05) is 11.1 Å². The van der Waals surface area contributed by atoms with Crippen LogP contribution in [0.25, 0.3) is 0 Å². The van der Waals surface area contributed by atoms with Gasteiger partial charge in [-0.05, 0) is 42.5 Å². The van der Waals surface area contributed by atoms with Crippen LogP contribution in [-0.2, 0) is 14.4 Å². The van der Waals surface area contributed by atoms with Crippen molar-refractivity contribution < 1.29 is 19.3 Å². The molecule has 2 fully saturated rings. The fourth-order valence-electron chi connectivity index (χ4n) is 4.28. The van der Waals surface area contributed by atoms with Crippen LogP contribution in [0.2, 0.25) is 5.02 Å². The van der Waals surface area contributed by atoms with Gasteiger partial charge in [0.05, 0.1) is 21.9 Å². The molecule has 0 bridgehead atoms. The molecule has 3 atom stereocenters. The number of nitro groups is 1. The molecule has 3 aromatic rings. The lowest BCUT2D eigenvalue weighted by atomic mass is 9.89. The van der Waals surface area contributed by atoms with E-state index in [1.807, 2.05) is 6.07 Å². The third-order valence-corrected chi connectivity index (χ3v) is 5.91. The summed E-state index contributed by atoms with van der Waals surface area (Å²) in [4.78, 5) is 45.1. The normalized spacial score (nSPS) is 22.3.